The van der Waals surface area contributed by atoms with Gasteiger partial charge in [-0.25, -0.2) is 4.57 Å². The largest absolute Gasteiger partial charge is 0.526 e. The number of hydrogen-bond donors (Lipinski definition) is 2. The maximum absolute atomic E-state index is 10.6. The molecule has 70 valence electrons. The molecule has 2 N–H and O–H groups in total. The van der Waals surface area contributed by atoms with Gasteiger partial charge in [0.15, 0.2) is 0 Å². The minimum atomic E-state index is -4.01. The van der Waals surface area contributed by atoms with Crippen LogP contribution < -0.4 is 5.32 Å². The molecule has 7 heteroatoms. The topological polar surface area (TPSA) is 84.9 Å². The van der Waals surface area contributed by atoms with Crippen LogP contribution in [0.2, 0.25) is 0 Å². The van der Waals surface area contributed by atoms with Gasteiger partial charge in [0.1, 0.15) is 6.26 Å². The average molecular weight is 195 g/mol. The summed E-state index contributed by atoms with van der Waals surface area (Å²) in [6.45, 7) is 0. The minimum Gasteiger partial charge on any atom is -0.412 e. The van der Waals surface area contributed by atoms with Gasteiger partial charge in [0.2, 0.25) is 5.91 Å². The molecular weight excluding hydrogens is 185 g/mol. The SMILES string of the molecule is CNC(=O)C=COP(=O)(O)OC. The second-order valence-corrected chi connectivity index (χ2v) is 3.19. The van der Waals surface area contributed by atoms with Gasteiger partial charge in [-0.2, -0.15) is 0 Å². The molecule has 0 rings (SSSR count). The lowest BCUT2D eigenvalue weighted by molar-refractivity contribution is -0.116. The summed E-state index contributed by atoms with van der Waals surface area (Å²) in [7, 11) is -1.57. The standard InChI is InChI=1S/C5H10NO5P/c1-6-5(7)3-4-11-12(8,9)10-2/h3-4H,1-2H3,(H,6,7)(H,8,9). The Morgan fingerprint density at radius 1 is 1.67 bits per heavy atom. The Bertz CT molecular complexity index is 226. The Hall–Kier alpha value is -0.840. The summed E-state index contributed by atoms with van der Waals surface area (Å²) >= 11 is 0. The van der Waals surface area contributed by atoms with E-state index in [9.17, 15) is 9.36 Å². The van der Waals surface area contributed by atoms with Gasteiger partial charge in [-0.05, 0) is 0 Å². The summed E-state index contributed by atoms with van der Waals surface area (Å²) in [4.78, 5) is 19.1. The first-order valence-electron chi connectivity index (χ1n) is 2.97. The number of carbonyl (C=O) groups is 1. The van der Waals surface area contributed by atoms with Crippen molar-refractivity contribution in [3.63, 3.8) is 0 Å². The van der Waals surface area contributed by atoms with Gasteiger partial charge >= 0.3 is 7.82 Å². The quantitative estimate of drug-likeness (QED) is 0.375. The summed E-state index contributed by atoms with van der Waals surface area (Å²) in [6, 6.07) is 0. The number of carbonyl (C=O) groups excluding carboxylic acids is 1. The van der Waals surface area contributed by atoms with Crippen LogP contribution in [-0.2, 0) is 18.4 Å². The predicted octanol–water partition coefficient (Wildman–Crippen LogP) is 0.00950. The van der Waals surface area contributed by atoms with Gasteiger partial charge in [-0.3, -0.25) is 14.2 Å². The van der Waals surface area contributed by atoms with Crippen molar-refractivity contribution in [1.82, 2.24) is 5.32 Å². The summed E-state index contributed by atoms with van der Waals surface area (Å²) in [6.07, 6.45) is 1.75. The van der Waals surface area contributed by atoms with Crippen molar-refractivity contribution < 1.29 is 23.3 Å². The van der Waals surface area contributed by atoms with Crippen molar-refractivity contribution in [1.29, 1.82) is 0 Å². The Balaban J connectivity index is 3.90. The molecular formula is C5H10NO5P. The van der Waals surface area contributed by atoms with E-state index in [0.717, 1.165) is 19.4 Å². The average Bonchev–Trinajstić information content (AvgIpc) is 2.04. The second kappa shape index (κ2) is 4.92. The molecule has 0 spiro atoms. The maximum Gasteiger partial charge on any atom is 0.526 e. The molecule has 0 radical (unpaired) electrons. The number of phosphoric ester groups is 1. The first-order chi connectivity index (χ1) is 5.52. The van der Waals surface area contributed by atoms with Crippen LogP contribution in [0.25, 0.3) is 0 Å². The van der Waals surface area contributed by atoms with Crippen LogP contribution in [0.4, 0.5) is 0 Å². The van der Waals surface area contributed by atoms with Gasteiger partial charge in [0.25, 0.3) is 0 Å². The maximum atomic E-state index is 10.6. The Morgan fingerprint density at radius 2 is 2.25 bits per heavy atom. The summed E-state index contributed by atoms with van der Waals surface area (Å²) in [5, 5.41) is 2.25. The number of nitrogens with one attached hydrogen (secondary N) is 1. The lowest BCUT2D eigenvalue weighted by Crippen LogP contribution is -2.14. The van der Waals surface area contributed by atoms with Crippen LogP contribution in [0.5, 0.6) is 0 Å². The van der Waals surface area contributed by atoms with Crippen LogP contribution in [0.15, 0.2) is 12.3 Å². The van der Waals surface area contributed by atoms with E-state index in [-0.39, 0.29) is 0 Å². The fourth-order valence-corrected chi connectivity index (χ4v) is 0.596. The second-order valence-electron chi connectivity index (χ2n) is 1.67. The fourth-order valence-electron chi connectivity index (χ4n) is 0.296. The van der Waals surface area contributed by atoms with E-state index < -0.39 is 13.7 Å². The molecule has 0 saturated carbocycles. The van der Waals surface area contributed by atoms with Crippen molar-refractivity contribution in [3.8, 4) is 0 Å². The highest BCUT2D eigenvalue weighted by atomic mass is 31.2. The molecule has 12 heavy (non-hydrogen) atoms. The molecule has 0 aliphatic carbocycles. The lowest BCUT2D eigenvalue weighted by atomic mass is 10.6. The summed E-state index contributed by atoms with van der Waals surface area (Å²) in [5.41, 5.74) is 0. The zero-order valence-electron chi connectivity index (χ0n) is 6.68. The van der Waals surface area contributed by atoms with E-state index in [4.69, 9.17) is 4.89 Å². The minimum absolute atomic E-state index is 0.439. The van der Waals surface area contributed by atoms with Gasteiger partial charge in [0, 0.05) is 20.2 Å². The Labute approximate surface area is 69.8 Å². The monoisotopic (exact) mass is 195 g/mol. The summed E-state index contributed by atoms with van der Waals surface area (Å²) in [5.74, 6) is -0.439. The van der Waals surface area contributed by atoms with Gasteiger partial charge in [-0.1, -0.05) is 0 Å². The molecule has 0 heterocycles. The zero-order valence-corrected chi connectivity index (χ0v) is 7.58. The molecule has 0 aliphatic heterocycles. The third-order valence-electron chi connectivity index (χ3n) is 0.891. The van der Waals surface area contributed by atoms with E-state index in [2.05, 4.69) is 14.4 Å². The first kappa shape index (κ1) is 11.2. The highest BCUT2D eigenvalue weighted by Crippen LogP contribution is 2.41. The normalized spacial score (nSPS) is 15.6. The van der Waals surface area contributed by atoms with E-state index in [1.54, 1.807) is 0 Å². The van der Waals surface area contributed by atoms with E-state index in [1.807, 2.05) is 0 Å². The van der Waals surface area contributed by atoms with Crippen LogP contribution in [0, 0.1) is 0 Å². The molecule has 0 aromatic heterocycles. The van der Waals surface area contributed by atoms with Crippen molar-refractivity contribution in [2.75, 3.05) is 14.2 Å². The van der Waals surface area contributed by atoms with Crippen LogP contribution in [-0.4, -0.2) is 25.0 Å². The van der Waals surface area contributed by atoms with Crippen molar-refractivity contribution in [2.45, 2.75) is 0 Å². The number of rotatable bonds is 4. The van der Waals surface area contributed by atoms with Crippen LogP contribution >= 0.6 is 7.82 Å². The van der Waals surface area contributed by atoms with E-state index in [1.165, 1.54) is 7.05 Å². The molecule has 0 aromatic carbocycles. The molecule has 1 unspecified atom stereocenters. The van der Waals surface area contributed by atoms with Crippen LogP contribution in [0.3, 0.4) is 0 Å². The van der Waals surface area contributed by atoms with Crippen molar-refractivity contribution in [2.24, 2.45) is 0 Å². The molecule has 0 aromatic rings. The van der Waals surface area contributed by atoms with E-state index >= 15 is 0 Å². The number of hydrogen-bond acceptors (Lipinski definition) is 4. The Morgan fingerprint density at radius 3 is 2.67 bits per heavy atom. The summed E-state index contributed by atoms with van der Waals surface area (Å²) < 4.78 is 18.8. The smallest absolute Gasteiger partial charge is 0.412 e. The number of amides is 1. The molecule has 0 fully saturated rings. The molecule has 0 saturated heterocycles. The fraction of sp³-hybridized carbons (Fsp3) is 0.400. The Kier molecular flexibility index (Phi) is 4.58. The van der Waals surface area contributed by atoms with Crippen molar-refractivity contribution >= 4 is 13.7 Å². The highest BCUT2D eigenvalue weighted by Gasteiger charge is 2.16. The third kappa shape index (κ3) is 4.90. The zero-order chi connectivity index (χ0) is 9.61. The predicted molar refractivity (Wildman–Crippen MR) is 41.1 cm³/mol. The van der Waals surface area contributed by atoms with Crippen LogP contribution in [0.1, 0.15) is 0 Å². The van der Waals surface area contributed by atoms with Gasteiger partial charge in [-0.15, -0.1) is 0 Å². The first-order valence-corrected chi connectivity index (χ1v) is 4.46. The molecule has 1 amide bonds. The number of phosphoric acid groups is 1. The third-order valence-corrected chi connectivity index (χ3v) is 1.74. The molecule has 0 aliphatic rings. The molecule has 0 bridgehead atoms. The lowest BCUT2D eigenvalue weighted by Gasteiger charge is -2.04. The van der Waals surface area contributed by atoms with E-state index in [0.29, 0.717) is 0 Å². The van der Waals surface area contributed by atoms with Gasteiger partial charge < -0.3 is 9.84 Å². The highest BCUT2D eigenvalue weighted by molar-refractivity contribution is 7.47. The van der Waals surface area contributed by atoms with Gasteiger partial charge in [0.05, 0.1) is 0 Å². The number of likely N-dealkylation sites (N-methyl/N-ethyl adjacent to an activating group) is 1. The molecule has 6 nitrogen and oxygen atoms in total. The van der Waals surface area contributed by atoms with Crippen molar-refractivity contribution in [3.05, 3.63) is 12.3 Å². The molecule has 1 atom stereocenters.